The molecule has 2 fully saturated rings. The number of aromatic nitrogens is 4. The molecule has 10 atom stereocenters. The number of fused-ring (bicyclic) bond motifs is 1. The maximum atomic E-state index is 12.4. The second kappa shape index (κ2) is 15.5. The van der Waals surface area contributed by atoms with Crippen molar-refractivity contribution in [1.29, 1.82) is 0 Å². The quantitative estimate of drug-likeness (QED) is 0.0763. The summed E-state index contributed by atoms with van der Waals surface area (Å²) in [6.07, 6.45) is -5.04. The van der Waals surface area contributed by atoms with Crippen LogP contribution in [0, 0.1) is 0 Å². The third-order valence-electron chi connectivity index (χ3n) is 7.09. The van der Waals surface area contributed by atoms with Gasteiger partial charge in [0.25, 0.3) is 0 Å². The second-order valence-corrected chi connectivity index (χ2v) is 13.5. The van der Waals surface area contributed by atoms with Crippen molar-refractivity contribution in [3.05, 3.63) is 36.6 Å². The Morgan fingerprint density at radius 2 is 1.44 bits per heavy atom. The van der Waals surface area contributed by atoms with Gasteiger partial charge in [0.1, 0.15) is 48.5 Å². The number of carboxylic acid groups (broad SMARTS) is 1. The Hall–Kier alpha value is -3.94. The summed E-state index contributed by atoms with van der Waals surface area (Å²) >= 11 is 0. The number of aliphatic hydroxyl groups excluding tert-OH is 4. The third kappa shape index (κ3) is 9.04. The minimum Gasteiger partial charge on any atom is -0.474 e. The zero-order chi connectivity index (χ0) is 37.1. The highest BCUT2D eigenvalue weighted by atomic mass is 31.3. The van der Waals surface area contributed by atoms with Crippen molar-refractivity contribution in [1.82, 2.24) is 24.4 Å². The molecule has 3 aliphatic heterocycles. The zero-order valence-electron chi connectivity index (χ0n) is 25.2. The van der Waals surface area contributed by atoms with Crippen LogP contribution in [-0.2, 0) is 46.3 Å². The van der Waals surface area contributed by atoms with E-state index < -0.39 is 95.7 Å². The van der Waals surface area contributed by atoms with Gasteiger partial charge in [0.2, 0.25) is 5.91 Å². The molecule has 0 bridgehead atoms. The first-order chi connectivity index (χ1) is 23.3. The normalized spacial score (nSPS) is 30.2. The number of carbonyl (C=O) groups excluding carboxylic acids is 2. The second-order valence-electron chi connectivity index (χ2n) is 10.5. The Morgan fingerprint density at radius 3 is 1.98 bits per heavy atom. The van der Waals surface area contributed by atoms with Crippen LogP contribution in [0.1, 0.15) is 6.23 Å². The van der Waals surface area contributed by atoms with Crippen LogP contribution in [-0.4, -0.2) is 140 Å². The molecule has 0 aromatic carbocycles. The fourth-order valence-corrected chi connectivity index (χ4v) is 6.80. The maximum absolute atomic E-state index is 12.4. The molecule has 3 aliphatic rings. The van der Waals surface area contributed by atoms with Crippen LogP contribution < -0.4 is 17.2 Å². The van der Waals surface area contributed by atoms with Crippen LogP contribution in [0.5, 0.6) is 0 Å². The lowest BCUT2D eigenvalue weighted by Gasteiger charge is -2.30. The Labute approximate surface area is 279 Å². The first kappa shape index (κ1) is 38.9. The van der Waals surface area contributed by atoms with Crippen LogP contribution in [0.15, 0.2) is 36.6 Å². The summed E-state index contributed by atoms with van der Waals surface area (Å²) < 4.78 is 50.9. The van der Waals surface area contributed by atoms with Crippen molar-refractivity contribution in [3.63, 3.8) is 0 Å². The van der Waals surface area contributed by atoms with E-state index >= 15 is 0 Å². The lowest BCUT2D eigenvalue weighted by atomic mass is 10.1. The number of imidazole rings is 1. The molecule has 0 aliphatic carbocycles. The highest BCUT2D eigenvalue weighted by Crippen LogP contribution is 2.60. The Bertz CT molecular complexity index is 1750. The number of rotatable bonds is 11. The first-order valence-corrected chi connectivity index (χ1v) is 16.9. The average molecular weight is 754 g/mol. The molecule has 0 spiro atoms. The number of ether oxygens (including phenoxy) is 2. The molecule has 25 nitrogen and oxygen atoms in total. The average Bonchev–Trinajstić information content (AvgIpc) is 3.69. The predicted octanol–water partition coefficient (Wildman–Crippen LogP) is -4.48. The summed E-state index contributed by atoms with van der Waals surface area (Å²) in [5.74, 6) is -3.62. The van der Waals surface area contributed by atoms with Gasteiger partial charge in [-0.15, -0.1) is 0 Å². The van der Waals surface area contributed by atoms with E-state index in [-0.39, 0.29) is 29.1 Å². The molecule has 27 heteroatoms. The molecular formula is C23H32N8O17P2. The number of carboxylic acids is 1. The lowest BCUT2D eigenvalue weighted by Crippen LogP contribution is -2.42. The number of nitrogens with zero attached hydrogens (tertiary/aromatic N) is 5. The van der Waals surface area contributed by atoms with Crippen LogP contribution in [0.2, 0.25) is 0 Å². The number of aliphatic hydroxyl groups is 4. The van der Waals surface area contributed by atoms with Gasteiger partial charge in [-0.2, -0.15) is 4.31 Å². The highest BCUT2D eigenvalue weighted by molar-refractivity contribution is 7.61. The minimum atomic E-state index is -5.36. The van der Waals surface area contributed by atoms with Gasteiger partial charge >= 0.3 is 27.5 Å². The fourth-order valence-electron chi connectivity index (χ4n) is 4.71. The number of amides is 2. The van der Waals surface area contributed by atoms with E-state index in [9.17, 15) is 53.7 Å². The number of anilines is 1. The molecule has 276 valence electrons. The molecule has 13 N–H and O–H groups in total. The van der Waals surface area contributed by atoms with Crippen LogP contribution >= 0.6 is 15.6 Å². The highest BCUT2D eigenvalue weighted by Gasteiger charge is 2.48. The van der Waals surface area contributed by atoms with Crippen LogP contribution in [0.25, 0.3) is 11.2 Å². The van der Waals surface area contributed by atoms with E-state index in [0.29, 0.717) is 0 Å². The summed E-state index contributed by atoms with van der Waals surface area (Å²) in [5, 5.41) is 49.2. The summed E-state index contributed by atoms with van der Waals surface area (Å²) in [4.78, 5) is 63.2. The number of primary amides is 2. The number of phosphoric ester groups is 2. The number of nitrogens with two attached hydrogens (primary N) is 3. The number of phosphoric acid groups is 2. The fraction of sp³-hybridized carbons (Fsp3) is 0.478. The maximum Gasteiger partial charge on any atom is 0.481 e. The molecule has 0 saturated carbocycles. The molecule has 2 amide bonds. The summed E-state index contributed by atoms with van der Waals surface area (Å²) in [7, 11) is -10.7. The van der Waals surface area contributed by atoms with E-state index in [0.717, 1.165) is 6.33 Å². The van der Waals surface area contributed by atoms with E-state index in [4.69, 9.17) is 35.1 Å². The number of nitrogen functional groups attached to an aromatic ring is 1. The van der Waals surface area contributed by atoms with E-state index in [1.807, 2.05) is 0 Å². The number of aliphatic carboxylic acids is 1. The Morgan fingerprint density at radius 1 is 0.900 bits per heavy atom. The van der Waals surface area contributed by atoms with Crippen molar-refractivity contribution in [2.24, 2.45) is 11.5 Å². The molecule has 0 radical (unpaired) electrons. The van der Waals surface area contributed by atoms with Gasteiger partial charge in [-0.3, -0.25) is 23.2 Å². The van der Waals surface area contributed by atoms with Gasteiger partial charge in [-0.1, -0.05) is 12.2 Å². The summed E-state index contributed by atoms with van der Waals surface area (Å²) in [6, 6.07) is 0. The van der Waals surface area contributed by atoms with E-state index in [2.05, 4.69) is 25.0 Å². The first-order valence-electron chi connectivity index (χ1n) is 13.9. The number of hydrogen-bond donors (Lipinski definition) is 10. The van der Waals surface area contributed by atoms with Crippen molar-refractivity contribution in [3.8, 4) is 0 Å². The third-order valence-corrected chi connectivity index (χ3v) is 9.69. The van der Waals surface area contributed by atoms with Gasteiger partial charge in [0.15, 0.2) is 23.9 Å². The molecule has 2 unspecified atom stereocenters. The van der Waals surface area contributed by atoms with Crippen molar-refractivity contribution >= 4 is 50.4 Å². The lowest BCUT2D eigenvalue weighted by molar-refractivity contribution is -0.148. The van der Waals surface area contributed by atoms with Gasteiger partial charge in [0.05, 0.1) is 25.1 Å². The summed E-state index contributed by atoms with van der Waals surface area (Å²) in [5.41, 5.74) is 15.7. The number of carbonyl (C=O) groups is 3. The van der Waals surface area contributed by atoms with Gasteiger partial charge in [-0.25, -0.2) is 28.9 Å². The minimum absolute atomic E-state index is 0.0519. The molecule has 2 saturated heterocycles. The Balaban J connectivity index is 0.000000860. The van der Waals surface area contributed by atoms with Crippen molar-refractivity contribution in [2.45, 2.75) is 49.1 Å². The van der Waals surface area contributed by atoms with Crippen molar-refractivity contribution < 1.29 is 81.7 Å². The van der Waals surface area contributed by atoms with Crippen LogP contribution in [0.3, 0.4) is 0 Å². The van der Waals surface area contributed by atoms with E-state index in [1.165, 1.54) is 28.1 Å². The molecule has 2 aromatic heterocycles. The standard InChI is InChI=1S/C21H29N7O14P2.C2H3NO3/c22-17-12-19(25-7-24-17)28(8-26-12)21-16(32)14(30)11(41-21)6-39-44(36,37)42-43(34,35)38-5-10-13(29)15(31)20(40-10)27-3-1-2-9(4-27)18(23)33;3-1(4)2(5)6/h1-2,4,7-8,10-11,13-16,20-21,29-32H,3,5-6H2,(H2,23,33)(H,34,35)(H,36,37)(H2,22,24,25);(H2,3,4)(H,5,6)/t10-,11-,13-,14-,15-,16-,20-,21-;/m1./s1. The number of hydrogen-bond acceptors (Lipinski definition) is 19. The largest absolute Gasteiger partial charge is 0.481 e. The molecular weight excluding hydrogens is 722 g/mol. The zero-order valence-corrected chi connectivity index (χ0v) is 27.0. The van der Waals surface area contributed by atoms with Crippen molar-refractivity contribution in [2.75, 3.05) is 25.5 Å². The van der Waals surface area contributed by atoms with Crippen LogP contribution in [0.4, 0.5) is 5.82 Å². The summed E-state index contributed by atoms with van der Waals surface area (Å²) in [6.45, 7) is -1.61. The molecule has 2 aromatic rings. The van der Waals surface area contributed by atoms with Gasteiger partial charge < -0.3 is 66.9 Å². The predicted molar refractivity (Wildman–Crippen MR) is 159 cm³/mol. The SMILES string of the molecule is NC(=O)C(=O)O.NC(=O)C1=CN([C@@H]2O[C@H](COP(=O)(O)OP(=O)(O)OC[C@H]3O[C@@H](n4cnc5c(N)ncnc54)[C@H](O)[C@@H]3O)[C@@H](O)[C@H]2O)CC=C1. The Kier molecular flexibility index (Phi) is 12.1. The molecule has 50 heavy (non-hydrogen) atoms. The van der Waals surface area contributed by atoms with Gasteiger partial charge in [-0.05, 0) is 0 Å². The monoisotopic (exact) mass is 754 g/mol. The molecule has 5 rings (SSSR count). The van der Waals surface area contributed by atoms with E-state index in [1.54, 1.807) is 6.08 Å². The smallest absolute Gasteiger partial charge is 0.474 e. The molecule has 5 heterocycles. The topological polar surface area (TPSA) is 398 Å². The van der Waals surface area contributed by atoms with Gasteiger partial charge in [0, 0.05) is 12.7 Å².